The van der Waals surface area contributed by atoms with E-state index in [1.165, 1.54) is 0 Å². The van der Waals surface area contributed by atoms with Crippen LogP contribution in [0.2, 0.25) is 10.0 Å². The number of nitrogen functional groups attached to an aromatic ring is 1. The minimum atomic E-state index is 0.384. The minimum absolute atomic E-state index is 0.384. The maximum Gasteiger partial charge on any atom is 0.146 e. The lowest BCUT2D eigenvalue weighted by atomic mass is 10.2. The van der Waals surface area contributed by atoms with Crippen molar-refractivity contribution in [1.29, 1.82) is 0 Å². The monoisotopic (exact) mass is 318 g/mol. The molecule has 106 valence electrons. The molecule has 1 aromatic heterocycles. The second-order valence-corrected chi connectivity index (χ2v) is 5.40. The van der Waals surface area contributed by atoms with Gasteiger partial charge in [-0.15, -0.1) is 0 Å². The Hall–Kier alpha value is -1.97. The van der Waals surface area contributed by atoms with Gasteiger partial charge in [0, 0.05) is 11.6 Å². The van der Waals surface area contributed by atoms with E-state index in [9.17, 15) is 0 Å². The molecular weight excluding hydrogens is 307 g/mol. The van der Waals surface area contributed by atoms with Gasteiger partial charge in [-0.1, -0.05) is 29.3 Å². The van der Waals surface area contributed by atoms with E-state index in [0.29, 0.717) is 28.1 Å². The largest absolute Gasteiger partial charge is 0.487 e. The van der Waals surface area contributed by atoms with Crippen molar-refractivity contribution in [1.82, 2.24) is 4.98 Å². The van der Waals surface area contributed by atoms with Crippen molar-refractivity contribution in [3.8, 4) is 5.75 Å². The van der Waals surface area contributed by atoms with Gasteiger partial charge in [0.25, 0.3) is 0 Å². The van der Waals surface area contributed by atoms with Gasteiger partial charge < -0.3 is 10.5 Å². The molecule has 3 nitrogen and oxygen atoms in total. The lowest BCUT2D eigenvalue weighted by Crippen LogP contribution is -1.98. The second kappa shape index (κ2) is 5.80. The highest BCUT2D eigenvalue weighted by atomic mass is 35.5. The first kappa shape index (κ1) is 14.0. The highest BCUT2D eigenvalue weighted by molar-refractivity contribution is 6.35. The lowest BCUT2D eigenvalue weighted by Gasteiger charge is -2.10. The number of aromatic nitrogens is 1. The summed E-state index contributed by atoms with van der Waals surface area (Å²) in [6.45, 7) is 0.384. The van der Waals surface area contributed by atoms with Crippen molar-refractivity contribution < 1.29 is 4.74 Å². The van der Waals surface area contributed by atoms with Crippen LogP contribution in [-0.2, 0) is 6.61 Å². The van der Waals surface area contributed by atoms with Crippen LogP contribution in [-0.4, -0.2) is 4.98 Å². The van der Waals surface area contributed by atoms with E-state index in [4.69, 9.17) is 33.7 Å². The number of ether oxygens (including phenoxy) is 1. The van der Waals surface area contributed by atoms with Crippen LogP contribution in [0.4, 0.5) is 5.69 Å². The zero-order valence-electron chi connectivity index (χ0n) is 11.0. The number of hydrogen-bond acceptors (Lipinski definition) is 3. The summed E-state index contributed by atoms with van der Waals surface area (Å²) in [5, 5.41) is 2.06. The summed E-state index contributed by atoms with van der Waals surface area (Å²) in [6, 6.07) is 12.8. The average molecular weight is 319 g/mol. The topological polar surface area (TPSA) is 48.1 Å². The van der Waals surface area contributed by atoms with Gasteiger partial charge >= 0.3 is 0 Å². The van der Waals surface area contributed by atoms with Gasteiger partial charge in [-0.3, -0.25) is 4.98 Å². The van der Waals surface area contributed by atoms with E-state index < -0.39 is 0 Å². The zero-order valence-corrected chi connectivity index (χ0v) is 12.5. The summed E-state index contributed by atoms with van der Waals surface area (Å²) in [7, 11) is 0. The Balaban J connectivity index is 1.88. The fourth-order valence-corrected chi connectivity index (χ4v) is 2.41. The van der Waals surface area contributed by atoms with Crippen LogP contribution in [0.5, 0.6) is 5.75 Å². The maximum absolute atomic E-state index is 6.16. The van der Waals surface area contributed by atoms with Crippen molar-refractivity contribution in [2.75, 3.05) is 5.73 Å². The smallest absolute Gasteiger partial charge is 0.146 e. The number of hydrogen-bond donors (Lipinski definition) is 1. The van der Waals surface area contributed by atoms with Gasteiger partial charge in [0.1, 0.15) is 17.9 Å². The molecule has 0 saturated heterocycles. The quantitative estimate of drug-likeness (QED) is 0.712. The molecule has 0 unspecified atom stereocenters. The van der Waals surface area contributed by atoms with E-state index in [0.717, 1.165) is 16.5 Å². The van der Waals surface area contributed by atoms with Crippen molar-refractivity contribution in [3.05, 3.63) is 64.3 Å². The van der Waals surface area contributed by atoms with Gasteiger partial charge in [-0.2, -0.15) is 0 Å². The molecule has 3 aromatic rings. The molecule has 0 aliphatic carbocycles. The van der Waals surface area contributed by atoms with E-state index in [1.54, 1.807) is 24.4 Å². The first-order chi connectivity index (χ1) is 10.1. The van der Waals surface area contributed by atoms with Crippen LogP contribution in [0.25, 0.3) is 10.9 Å². The molecule has 2 N–H and O–H groups in total. The number of nitrogens with two attached hydrogens (primary N) is 1. The number of rotatable bonds is 3. The molecule has 5 heteroatoms. The summed E-state index contributed by atoms with van der Waals surface area (Å²) < 4.78 is 5.84. The summed E-state index contributed by atoms with van der Waals surface area (Å²) in [5.74, 6) is 0.684. The van der Waals surface area contributed by atoms with Gasteiger partial charge in [0.05, 0.1) is 15.7 Å². The fraction of sp³-hybridized carbons (Fsp3) is 0.0625. The second-order valence-electron chi connectivity index (χ2n) is 4.59. The molecule has 0 aliphatic rings. The summed E-state index contributed by atoms with van der Waals surface area (Å²) in [4.78, 5) is 4.33. The van der Waals surface area contributed by atoms with Crippen molar-refractivity contribution in [3.63, 3.8) is 0 Å². The number of pyridine rings is 1. The van der Waals surface area contributed by atoms with Gasteiger partial charge in [-0.05, 0) is 42.0 Å². The number of benzene rings is 2. The Morgan fingerprint density at radius 3 is 2.67 bits per heavy atom. The number of fused-ring (bicyclic) bond motifs is 1. The van der Waals surface area contributed by atoms with E-state index >= 15 is 0 Å². The number of anilines is 1. The van der Waals surface area contributed by atoms with Gasteiger partial charge in [0.2, 0.25) is 0 Å². The van der Waals surface area contributed by atoms with Crippen LogP contribution >= 0.6 is 23.2 Å². The van der Waals surface area contributed by atoms with Crippen LogP contribution in [0.15, 0.2) is 48.7 Å². The van der Waals surface area contributed by atoms with Gasteiger partial charge in [0.15, 0.2) is 0 Å². The average Bonchev–Trinajstić information content (AvgIpc) is 2.50. The number of nitrogens with zero attached hydrogens (tertiary/aromatic N) is 1. The molecule has 0 bridgehead atoms. The highest BCUT2D eigenvalue weighted by Crippen LogP contribution is 2.30. The molecule has 0 aliphatic heterocycles. The van der Waals surface area contributed by atoms with E-state index in [1.807, 2.05) is 24.3 Å². The summed E-state index contributed by atoms with van der Waals surface area (Å²) >= 11 is 12.1. The third kappa shape index (κ3) is 2.89. The predicted molar refractivity (Wildman–Crippen MR) is 86.9 cm³/mol. The molecule has 0 spiro atoms. The zero-order chi connectivity index (χ0) is 14.8. The lowest BCUT2D eigenvalue weighted by molar-refractivity contribution is 0.309. The number of halogens is 2. The molecule has 0 amide bonds. The Morgan fingerprint density at radius 1 is 1.05 bits per heavy atom. The molecule has 1 heterocycles. The maximum atomic E-state index is 6.16. The van der Waals surface area contributed by atoms with Crippen molar-refractivity contribution in [2.24, 2.45) is 0 Å². The normalized spacial score (nSPS) is 10.8. The molecule has 2 aromatic carbocycles. The Kier molecular flexibility index (Phi) is 3.86. The Bertz CT molecular complexity index is 805. The first-order valence-electron chi connectivity index (χ1n) is 6.35. The van der Waals surface area contributed by atoms with Crippen LogP contribution < -0.4 is 10.5 Å². The first-order valence-corrected chi connectivity index (χ1v) is 7.10. The molecule has 0 saturated carbocycles. The Morgan fingerprint density at radius 2 is 1.86 bits per heavy atom. The van der Waals surface area contributed by atoms with Gasteiger partial charge in [-0.25, -0.2) is 0 Å². The molecule has 0 fully saturated rings. The SMILES string of the molecule is Nc1cc(COc2ccc(Cl)c3cccnc23)ccc1Cl. The Labute approximate surface area is 132 Å². The fourth-order valence-electron chi connectivity index (χ4n) is 2.07. The molecule has 21 heavy (non-hydrogen) atoms. The van der Waals surface area contributed by atoms with Crippen LogP contribution in [0, 0.1) is 0 Å². The summed E-state index contributed by atoms with van der Waals surface area (Å²) in [5.41, 5.74) is 8.00. The standard InChI is InChI=1S/C16H12Cl2N2O/c17-12-5-6-15(16-11(12)2-1-7-20-16)21-9-10-3-4-13(18)14(19)8-10/h1-8H,9,19H2. The molecule has 0 atom stereocenters. The summed E-state index contributed by atoms with van der Waals surface area (Å²) in [6.07, 6.45) is 1.71. The van der Waals surface area contributed by atoms with E-state index in [2.05, 4.69) is 4.98 Å². The molecule has 3 rings (SSSR count). The van der Waals surface area contributed by atoms with E-state index in [-0.39, 0.29) is 0 Å². The van der Waals surface area contributed by atoms with Crippen molar-refractivity contribution in [2.45, 2.75) is 6.61 Å². The predicted octanol–water partition coefficient (Wildman–Crippen LogP) is 4.70. The third-order valence-corrected chi connectivity index (χ3v) is 3.81. The minimum Gasteiger partial charge on any atom is -0.487 e. The molecular formula is C16H12Cl2N2O. The van der Waals surface area contributed by atoms with Crippen LogP contribution in [0.3, 0.4) is 0 Å². The molecule has 0 radical (unpaired) electrons. The third-order valence-electron chi connectivity index (χ3n) is 3.13. The van der Waals surface area contributed by atoms with Crippen molar-refractivity contribution >= 4 is 39.8 Å². The van der Waals surface area contributed by atoms with Crippen LogP contribution in [0.1, 0.15) is 5.56 Å². The highest BCUT2D eigenvalue weighted by Gasteiger charge is 2.07.